The van der Waals surface area contributed by atoms with Gasteiger partial charge in [0.05, 0.1) is 7.11 Å². The topological polar surface area (TPSA) is 82.3 Å². The molecule has 0 fully saturated rings. The van der Waals surface area contributed by atoms with Crippen LogP contribution in [0.15, 0.2) is 60.2 Å². The number of aryl methyl sites for hydroxylation is 1. The molecule has 5 heteroatoms. The van der Waals surface area contributed by atoms with Gasteiger partial charge in [0.25, 0.3) is 5.91 Å². The van der Waals surface area contributed by atoms with E-state index in [-0.39, 0.29) is 11.3 Å². The molecule has 0 aliphatic heterocycles. The summed E-state index contributed by atoms with van der Waals surface area (Å²) in [6.45, 7) is 6.33. The number of benzene rings is 2. The molecular formula is C23H26N2O3. The van der Waals surface area contributed by atoms with Crippen LogP contribution < -0.4 is 10.1 Å². The van der Waals surface area contributed by atoms with E-state index in [0.29, 0.717) is 12.3 Å². The molecule has 0 unspecified atom stereocenters. The summed E-state index contributed by atoms with van der Waals surface area (Å²) in [5.41, 5.74) is 2.87. The number of nitrogens with one attached hydrogen (secondary N) is 1. The van der Waals surface area contributed by atoms with E-state index in [9.17, 15) is 15.2 Å². The lowest BCUT2D eigenvalue weighted by atomic mass is 10.1. The Morgan fingerprint density at radius 1 is 1.25 bits per heavy atom. The molecule has 146 valence electrons. The first-order chi connectivity index (χ1) is 13.5. The number of amides is 1. The van der Waals surface area contributed by atoms with Crippen LogP contribution in [0.2, 0.25) is 0 Å². The molecule has 0 aromatic heterocycles. The standard InChI is InChI=1S/C21H20N2O3.C2H6/c1-15-6-3-4-8-18(15)14-23-21(25)17(13-22)9-5-7-16-10-11-19(24)20(12-16)26-2;1-2/h3-12,24H,14H2,1-2H3,(H,23,25);1-2H3/b7-5+,17-9+;. The fourth-order valence-corrected chi connectivity index (χ4v) is 2.30. The third kappa shape index (κ3) is 6.65. The van der Waals surface area contributed by atoms with E-state index in [4.69, 9.17) is 4.74 Å². The number of phenols is 1. The van der Waals surface area contributed by atoms with E-state index < -0.39 is 5.91 Å². The van der Waals surface area contributed by atoms with Crippen molar-refractivity contribution in [1.82, 2.24) is 5.32 Å². The quantitative estimate of drug-likeness (QED) is 0.440. The molecule has 0 saturated heterocycles. The maximum atomic E-state index is 12.2. The number of nitrogens with zero attached hydrogens (tertiary/aromatic N) is 1. The molecule has 28 heavy (non-hydrogen) atoms. The maximum Gasteiger partial charge on any atom is 0.262 e. The van der Waals surface area contributed by atoms with E-state index >= 15 is 0 Å². The van der Waals surface area contributed by atoms with Crippen molar-refractivity contribution in [1.29, 1.82) is 5.26 Å². The van der Waals surface area contributed by atoms with E-state index in [0.717, 1.165) is 16.7 Å². The fraction of sp³-hybridized carbons (Fsp3) is 0.217. The molecule has 0 aliphatic rings. The summed E-state index contributed by atoms with van der Waals surface area (Å²) in [5.74, 6) is -0.0233. The molecule has 0 saturated carbocycles. The highest BCUT2D eigenvalue weighted by Crippen LogP contribution is 2.26. The smallest absolute Gasteiger partial charge is 0.262 e. The summed E-state index contributed by atoms with van der Waals surface area (Å²) in [6, 6.07) is 14.5. The molecule has 0 bridgehead atoms. The van der Waals surface area contributed by atoms with Crippen LogP contribution in [0.4, 0.5) is 0 Å². The first-order valence-corrected chi connectivity index (χ1v) is 9.03. The van der Waals surface area contributed by atoms with Crippen LogP contribution in [0.3, 0.4) is 0 Å². The predicted octanol–water partition coefficient (Wildman–Crippen LogP) is 4.52. The van der Waals surface area contributed by atoms with E-state index in [1.165, 1.54) is 19.3 Å². The Bertz CT molecular complexity index is 893. The Balaban J connectivity index is 0.00000190. The van der Waals surface area contributed by atoms with E-state index in [1.54, 1.807) is 24.3 Å². The lowest BCUT2D eigenvalue weighted by Crippen LogP contribution is -2.24. The number of ether oxygens (including phenoxy) is 1. The Labute approximate surface area is 166 Å². The molecule has 2 aromatic rings. The van der Waals surface area contributed by atoms with E-state index in [2.05, 4.69) is 5.32 Å². The predicted molar refractivity (Wildman–Crippen MR) is 112 cm³/mol. The highest BCUT2D eigenvalue weighted by molar-refractivity contribution is 5.97. The minimum absolute atomic E-state index is 0.0144. The monoisotopic (exact) mass is 378 g/mol. The number of rotatable bonds is 6. The summed E-state index contributed by atoms with van der Waals surface area (Å²) in [6.07, 6.45) is 4.78. The van der Waals surface area contributed by atoms with Crippen molar-refractivity contribution in [2.45, 2.75) is 27.3 Å². The van der Waals surface area contributed by atoms with Gasteiger partial charge in [0.2, 0.25) is 0 Å². The van der Waals surface area contributed by atoms with Crippen molar-refractivity contribution >= 4 is 12.0 Å². The van der Waals surface area contributed by atoms with Gasteiger partial charge in [-0.1, -0.05) is 56.3 Å². The number of allylic oxidation sites excluding steroid dienone is 2. The first kappa shape index (κ1) is 22.5. The van der Waals surface area contributed by atoms with Gasteiger partial charge in [0.15, 0.2) is 11.5 Å². The number of hydrogen-bond acceptors (Lipinski definition) is 4. The molecule has 2 aromatic carbocycles. The van der Waals surface area contributed by atoms with Crippen LogP contribution in [0.25, 0.3) is 6.08 Å². The number of methoxy groups -OCH3 is 1. The SMILES string of the molecule is CC.COc1cc(/C=C/C=C(\C#N)C(=O)NCc2ccccc2C)ccc1O. The second-order valence-electron chi connectivity index (χ2n) is 5.59. The van der Waals surface area contributed by atoms with Crippen molar-refractivity contribution in [3.05, 3.63) is 76.9 Å². The molecule has 0 radical (unpaired) electrons. The molecule has 0 heterocycles. The second kappa shape index (κ2) is 12.0. The van der Waals surface area contributed by atoms with Crippen LogP contribution in [-0.2, 0) is 11.3 Å². The van der Waals surface area contributed by atoms with Gasteiger partial charge in [-0.2, -0.15) is 5.26 Å². The van der Waals surface area contributed by atoms with Gasteiger partial charge in [-0.25, -0.2) is 0 Å². The molecule has 0 atom stereocenters. The van der Waals surface area contributed by atoms with Crippen LogP contribution in [0.5, 0.6) is 11.5 Å². The summed E-state index contributed by atoms with van der Waals surface area (Å²) in [4.78, 5) is 12.2. The van der Waals surface area contributed by atoms with Crippen molar-refractivity contribution in [3.63, 3.8) is 0 Å². The third-order valence-corrected chi connectivity index (χ3v) is 3.82. The fourth-order valence-electron chi connectivity index (χ4n) is 2.30. The van der Waals surface area contributed by atoms with Crippen molar-refractivity contribution in [3.8, 4) is 17.6 Å². The molecule has 0 aliphatic carbocycles. The molecule has 5 nitrogen and oxygen atoms in total. The molecule has 2 rings (SSSR count). The van der Waals surface area contributed by atoms with Gasteiger partial charge >= 0.3 is 0 Å². The van der Waals surface area contributed by atoms with Crippen LogP contribution in [0.1, 0.15) is 30.5 Å². The average molecular weight is 378 g/mol. The van der Waals surface area contributed by atoms with Gasteiger partial charge < -0.3 is 15.2 Å². The van der Waals surface area contributed by atoms with E-state index in [1.807, 2.05) is 51.1 Å². The Kier molecular flexibility index (Phi) is 9.63. The Morgan fingerprint density at radius 3 is 2.61 bits per heavy atom. The maximum absolute atomic E-state index is 12.2. The van der Waals surface area contributed by atoms with Crippen LogP contribution in [0, 0.1) is 18.3 Å². The summed E-state index contributed by atoms with van der Waals surface area (Å²) in [5, 5.41) is 21.5. The van der Waals surface area contributed by atoms with Gasteiger partial charge in [0, 0.05) is 6.54 Å². The summed E-state index contributed by atoms with van der Waals surface area (Å²) < 4.78 is 5.04. The highest BCUT2D eigenvalue weighted by Gasteiger charge is 2.08. The first-order valence-electron chi connectivity index (χ1n) is 9.03. The lowest BCUT2D eigenvalue weighted by Gasteiger charge is -2.06. The minimum atomic E-state index is -0.427. The number of phenolic OH excluding ortho intramolecular Hbond substituents is 1. The number of carbonyl (C=O) groups is 1. The van der Waals surface area contributed by atoms with Crippen molar-refractivity contribution in [2.75, 3.05) is 7.11 Å². The molecule has 2 N–H and O–H groups in total. The number of aromatic hydroxyl groups is 1. The largest absolute Gasteiger partial charge is 0.504 e. The average Bonchev–Trinajstić information content (AvgIpc) is 2.73. The van der Waals surface area contributed by atoms with Crippen molar-refractivity contribution < 1.29 is 14.6 Å². The molecule has 1 amide bonds. The number of hydrogen-bond donors (Lipinski definition) is 2. The Morgan fingerprint density at radius 2 is 1.96 bits per heavy atom. The highest BCUT2D eigenvalue weighted by atomic mass is 16.5. The molecular weight excluding hydrogens is 352 g/mol. The van der Waals surface area contributed by atoms with Crippen molar-refractivity contribution in [2.24, 2.45) is 0 Å². The zero-order valence-corrected chi connectivity index (χ0v) is 16.7. The van der Waals surface area contributed by atoms with Crippen LogP contribution >= 0.6 is 0 Å². The zero-order valence-electron chi connectivity index (χ0n) is 16.7. The number of nitriles is 1. The third-order valence-electron chi connectivity index (χ3n) is 3.82. The minimum Gasteiger partial charge on any atom is -0.504 e. The van der Waals surface area contributed by atoms with Gasteiger partial charge in [-0.05, 0) is 41.8 Å². The van der Waals surface area contributed by atoms with Gasteiger partial charge in [0.1, 0.15) is 11.6 Å². The Hall–Kier alpha value is -3.52. The number of carbonyl (C=O) groups excluding carboxylic acids is 1. The normalized spacial score (nSPS) is 10.6. The summed E-state index contributed by atoms with van der Waals surface area (Å²) in [7, 11) is 1.47. The second-order valence-corrected chi connectivity index (χ2v) is 5.59. The van der Waals surface area contributed by atoms with Gasteiger partial charge in [-0.15, -0.1) is 0 Å². The lowest BCUT2D eigenvalue weighted by molar-refractivity contribution is -0.117. The van der Waals surface area contributed by atoms with Gasteiger partial charge in [-0.3, -0.25) is 4.79 Å². The molecule has 0 spiro atoms. The zero-order chi connectivity index (χ0) is 20.9. The van der Waals surface area contributed by atoms with Crippen LogP contribution in [-0.4, -0.2) is 18.1 Å². The summed E-state index contributed by atoms with van der Waals surface area (Å²) >= 11 is 0.